The number of aliphatic hydroxyl groups is 1. The fourth-order valence-corrected chi connectivity index (χ4v) is 2.21. The molecule has 94 valence electrons. The number of aromatic nitrogens is 1. The van der Waals surface area contributed by atoms with Crippen molar-refractivity contribution in [3.8, 4) is 0 Å². The molecule has 2 heterocycles. The number of pyridine rings is 1. The largest absolute Gasteiger partial charge is 0.389 e. The zero-order chi connectivity index (χ0) is 12.4. The number of hydrogen-bond acceptors (Lipinski definition) is 4. The molecule has 1 aromatic heterocycles. The van der Waals surface area contributed by atoms with Crippen LogP contribution in [0.1, 0.15) is 24.3 Å². The van der Waals surface area contributed by atoms with Crippen LogP contribution in [0.5, 0.6) is 0 Å². The van der Waals surface area contributed by atoms with Gasteiger partial charge in [-0.2, -0.15) is 0 Å². The van der Waals surface area contributed by atoms with Crippen LogP contribution in [0.25, 0.3) is 0 Å². The number of hydrogen-bond donors (Lipinski definition) is 1. The first-order chi connectivity index (χ1) is 8.08. The van der Waals surface area contributed by atoms with Crippen molar-refractivity contribution in [2.45, 2.75) is 20.0 Å². The van der Waals surface area contributed by atoms with E-state index in [4.69, 9.17) is 0 Å². The third-order valence-corrected chi connectivity index (χ3v) is 3.39. The molecule has 1 N–H and O–H groups in total. The zero-order valence-electron chi connectivity index (χ0n) is 10.8. The first-order valence-corrected chi connectivity index (χ1v) is 6.17. The van der Waals surface area contributed by atoms with Crippen molar-refractivity contribution in [3.05, 3.63) is 23.4 Å². The Balaban J connectivity index is 2.14. The molecule has 0 bridgehead atoms. The summed E-state index contributed by atoms with van der Waals surface area (Å²) in [5, 5.41) is 9.58. The molecule has 0 aliphatic carbocycles. The van der Waals surface area contributed by atoms with Gasteiger partial charge in [0.25, 0.3) is 0 Å². The van der Waals surface area contributed by atoms with Crippen molar-refractivity contribution in [1.82, 2.24) is 9.88 Å². The fraction of sp³-hybridized carbons (Fsp3) is 0.615. The van der Waals surface area contributed by atoms with Gasteiger partial charge in [0.1, 0.15) is 5.82 Å². The Morgan fingerprint density at radius 1 is 1.24 bits per heavy atom. The molecule has 1 aliphatic rings. The van der Waals surface area contributed by atoms with Gasteiger partial charge < -0.3 is 14.9 Å². The maximum atomic E-state index is 9.58. The average molecular weight is 235 g/mol. The summed E-state index contributed by atoms with van der Waals surface area (Å²) in [7, 11) is 2.15. The highest BCUT2D eigenvalue weighted by Gasteiger charge is 2.16. The molecule has 2 rings (SSSR count). The summed E-state index contributed by atoms with van der Waals surface area (Å²) in [6.07, 6.45) is -0.441. The Morgan fingerprint density at radius 2 is 1.88 bits per heavy atom. The first kappa shape index (κ1) is 12.3. The Bertz CT molecular complexity index is 384. The van der Waals surface area contributed by atoms with Gasteiger partial charge in [0.15, 0.2) is 0 Å². The summed E-state index contributed by atoms with van der Waals surface area (Å²) in [6.45, 7) is 7.95. The van der Waals surface area contributed by atoms with Crippen LogP contribution in [0.2, 0.25) is 0 Å². The van der Waals surface area contributed by atoms with Crippen molar-refractivity contribution < 1.29 is 5.11 Å². The van der Waals surface area contributed by atoms with E-state index in [1.54, 1.807) is 6.92 Å². The molecule has 0 unspecified atom stereocenters. The molecule has 17 heavy (non-hydrogen) atoms. The summed E-state index contributed by atoms with van der Waals surface area (Å²) >= 11 is 0. The maximum absolute atomic E-state index is 9.58. The number of aryl methyl sites for hydroxylation is 1. The number of anilines is 1. The van der Waals surface area contributed by atoms with E-state index in [1.165, 1.54) is 0 Å². The summed E-state index contributed by atoms with van der Waals surface area (Å²) in [4.78, 5) is 9.22. The molecule has 0 amide bonds. The minimum Gasteiger partial charge on any atom is -0.389 e. The second-order valence-electron chi connectivity index (χ2n) is 4.81. The summed E-state index contributed by atoms with van der Waals surface area (Å²) in [5.41, 5.74) is 1.85. The second-order valence-corrected chi connectivity index (χ2v) is 4.81. The number of piperazine rings is 1. The topological polar surface area (TPSA) is 39.6 Å². The van der Waals surface area contributed by atoms with Crippen LogP contribution in [-0.4, -0.2) is 48.2 Å². The predicted molar refractivity (Wildman–Crippen MR) is 69.3 cm³/mol. The van der Waals surface area contributed by atoms with Gasteiger partial charge in [-0.15, -0.1) is 0 Å². The van der Waals surface area contributed by atoms with Crippen LogP contribution in [0, 0.1) is 6.92 Å². The van der Waals surface area contributed by atoms with Gasteiger partial charge >= 0.3 is 0 Å². The van der Waals surface area contributed by atoms with E-state index in [-0.39, 0.29) is 0 Å². The molecule has 4 nitrogen and oxygen atoms in total. The standard InChI is InChI=1S/C13H21N3O/c1-10-12(11(2)17)4-5-13(14-10)16-8-6-15(3)7-9-16/h4-5,11,17H,6-9H2,1-3H3/t11-/m0/s1. The molecule has 1 saturated heterocycles. The van der Waals surface area contributed by atoms with Gasteiger partial charge in [-0.25, -0.2) is 4.98 Å². The fourth-order valence-electron chi connectivity index (χ4n) is 2.21. The molecule has 0 aromatic carbocycles. The Hall–Kier alpha value is -1.13. The van der Waals surface area contributed by atoms with Crippen LogP contribution in [0.15, 0.2) is 12.1 Å². The lowest BCUT2D eigenvalue weighted by Gasteiger charge is -2.33. The molecule has 0 saturated carbocycles. The monoisotopic (exact) mass is 235 g/mol. The minimum atomic E-state index is -0.441. The summed E-state index contributed by atoms with van der Waals surface area (Å²) in [6, 6.07) is 4.00. The lowest BCUT2D eigenvalue weighted by molar-refractivity contribution is 0.198. The summed E-state index contributed by atoms with van der Waals surface area (Å²) < 4.78 is 0. The van der Waals surface area contributed by atoms with E-state index in [9.17, 15) is 5.11 Å². The minimum absolute atomic E-state index is 0.441. The lowest BCUT2D eigenvalue weighted by atomic mass is 10.1. The molecule has 1 aromatic rings. The number of aliphatic hydroxyl groups excluding tert-OH is 1. The van der Waals surface area contributed by atoms with Crippen LogP contribution in [-0.2, 0) is 0 Å². The third-order valence-electron chi connectivity index (χ3n) is 3.39. The van der Waals surface area contributed by atoms with Crippen molar-refractivity contribution >= 4 is 5.82 Å². The average Bonchev–Trinajstić information content (AvgIpc) is 2.29. The zero-order valence-corrected chi connectivity index (χ0v) is 10.8. The molecule has 1 atom stereocenters. The SMILES string of the molecule is Cc1nc(N2CCN(C)CC2)ccc1[C@H](C)O. The lowest BCUT2D eigenvalue weighted by Crippen LogP contribution is -2.44. The molecule has 0 radical (unpaired) electrons. The van der Waals surface area contributed by atoms with E-state index in [1.807, 2.05) is 19.1 Å². The molecule has 1 aliphatic heterocycles. The smallest absolute Gasteiger partial charge is 0.128 e. The Kier molecular flexibility index (Phi) is 3.64. The second kappa shape index (κ2) is 5.02. The maximum Gasteiger partial charge on any atom is 0.128 e. The van der Waals surface area contributed by atoms with Crippen molar-refractivity contribution in [2.75, 3.05) is 38.1 Å². The van der Waals surface area contributed by atoms with E-state index in [2.05, 4.69) is 21.8 Å². The van der Waals surface area contributed by atoms with Crippen LogP contribution < -0.4 is 4.90 Å². The highest BCUT2D eigenvalue weighted by molar-refractivity contribution is 5.42. The highest BCUT2D eigenvalue weighted by atomic mass is 16.3. The molecular formula is C13H21N3O. The van der Waals surface area contributed by atoms with Gasteiger partial charge in [0.2, 0.25) is 0 Å². The predicted octanol–water partition coefficient (Wildman–Crippen LogP) is 1.20. The van der Waals surface area contributed by atoms with Gasteiger partial charge in [0.05, 0.1) is 6.10 Å². The van der Waals surface area contributed by atoms with E-state index in [0.717, 1.165) is 43.3 Å². The number of rotatable bonds is 2. The normalized spacial score (nSPS) is 19.4. The van der Waals surface area contributed by atoms with Gasteiger partial charge in [-0.1, -0.05) is 6.07 Å². The Morgan fingerprint density at radius 3 is 2.41 bits per heavy atom. The van der Waals surface area contributed by atoms with Crippen LogP contribution in [0.4, 0.5) is 5.82 Å². The van der Waals surface area contributed by atoms with E-state index < -0.39 is 6.10 Å². The molecule has 1 fully saturated rings. The van der Waals surface area contributed by atoms with E-state index >= 15 is 0 Å². The van der Waals surface area contributed by atoms with E-state index in [0.29, 0.717) is 0 Å². The molecule has 4 heteroatoms. The van der Waals surface area contributed by atoms with Gasteiger partial charge in [-0.05, 0) is 27.0 Å². The summed E-state index contributed by atoms with van der Waals surface area (Å²) in [5.74, 6) is 1.03. The van der Waals surface area contributed by atoms with Gasteiger partial charge in [0, 0.05) is 37.4 Å². The molecule has 0 spiro atoms. The number of likely N-dealkylation sites (N-methyl/N-ethyl adjacent to an activating group) is 1. The quantitative estimate of drug-likeness (QED) is 0.836. The van der Waals surface area contributed by atoms with Crippen molar-refractivity contribution in [2.24, 2.45) is 0 Å². The van der Waals surface area contributed by atoms with Gasteiger partial charge in [-0.3, -0.25) is 0 Å². The first-order valence-electron chi connectivity index (χ1n) is 6.17. The Labute approximate surface area is 103 Å². The van der Waals surface area contributed by atoms with Crippen molar-refractivity contribution in [3.63, 3.8) is 0 Å². The third kappa shape index (κ3) is 2.76. The van der Waals surface area contributed by atoms with Crippen molar-refractivity contribution in [1.29, 1.82) is 0 Å². The van der Waals surface area contributed by atoms with Crippen LogP contribution >= 0.6 is 0 Å². The number of nitrogens with zero attached hydrogens (tertiary/aromatic N) is 3. The molecular weight excluding hydrogens is 214 g/mol. The van der Waals surface area contributed by atoms with Crippen LogP contribution in [0.3, 0.4) is 0 Å². The highest BCUT2D eigenvalue weighted by Crippen LogP contribution is 2.20.